The van der Waals surface area contributed by atoms with Gasteiger partial charge in [-0.3, -0.25) is 4.79 Å². The number of rotatable bonds is 2. The van der Waals surface area contributed by atoms with Crippen LogP contribution >= 0.6 is 0 Å². The number of aryl methyl sites for hydroxylation is 1. The molecule has 3 aliphatic heterocycles. The number of amides is 1. The van der Waals surface area contributed by atoms with Crippen molar-refractivity contribution >= 4 is 5.91 Å². The van der Waals surface area contributed by atoms with Gasteiger partial charge in [0.15, 0.2) is 5.76 Å². The number of carbonyl (C=O) groups excluding carboxylic acids is 1. The number of benzene rings is 1. The van der Waals surface area contributed by atoms with Crippen LogP contribution in [0, 0.1) is 6.92 Å². The molecule has 0 aliphatic carbocycles. The van der Waals surface area contributed by atoms with Crippen LogP contribution in [-0.2, 0) is 0 Å². The Balaban J connectivity index is 1.57. The molecular formula is C19H22N2O2. The molecule has 0 atom stereocenters. The highest BCUT2D eigenvalue weighted by Gasteiger charge is 2.33. The van der Waals surface area contributed by atoms with Gasteiger partial charge in [0.1, 0.15) is 5.76 Å². The molecule has 3 aliphatic rings. The van der Waals surface area contributed by atoms with E-state index in [0.29, 0.717) is 11.8 Å². The first-order valence-electron chi connectivity index (χ1n) is 8.41. The predicted molar refractivity (Wildman–Crippen MR) is 89.4 cm³/mol. The lowest BCUT2D eigenvalue weighted by Gasteiger charge is -2.30. The molecule has 4 heteroatoms. The maximum Gasteiger partial charge on any atom is 0.289 e. The predicted octanol–water partition coefficient (Wildman–Crippen LogP) is 3.18. The third kappa shape index (κ3) is 2.79. The van der Waals surface area contributed by atoms with Crippen LogP contribution in [-0.4, -0.2) is 47.9 Å². The number of carbonyl (C=O) groups is 1. The molecule has 0 spiro atoms. The van der Waals surface area contributed by atoms with Gasteiger partial charge in [-0.2, -0.15) is 0 Å². The van der Waals surface area contributed by atoms with Crippen LogP contribution in [0.4, 0.5) is 0 Å². The largest absolute Gasteiger partial charge is 0.451 e. The number of hydrogen-bond acceptors (Lipinski definition) is 3. The topological polar surface area (TPSA) is 36.7 Å². The average Bonchev–Trinajstić information content (AvgIpc) is 2.88. The molecule has 0 saturated carbocycles. The first kappa shape index (κ1) is 14.5. The standard InChI is InChI=1S/C19H22N2O2/c1-14-3-2-4-15(13-14)17-5-6-18(23-17)19(22)21-12-11-20-9-7-16(21)8-10-20/h2-6,13,16H,7-12H2,1H3. The van der Waals surface area contributed by atoms with Gasteiger partial charge in [0.25, 0.3) is 5.91 Å². The molecule has 2 aromatic rings. The number of furan rings is 1. The normalized spacial score (nSPS) is 23.8. The van der Waals surface area contributed by atoms with E-state index in [2.05, 4.69) is 24.0 Å². The molecule has 2 bridgehead atoms. The summed E-state index contributed by atoms with van der Waals surface area (Å²) in [5.41, 5.74) is 2.21. The van der Waals surface area contributed by atoms with E-state index in [9.17, 15) is 4.79 Å². The fourth-order valence-electron chi connectivity index (χ4n) is 3.70. The van der Waals surface area contributed by atoms with E-state index in [-0.39, 0.29) is 5.91 Å². The summed E-state index contributed by atoms with van der Waals surface area (Å²) in [5.74, 6) is 1.26. The number of nitrogens with zero attached hydrogens (tertiary/aromatic N) is 2. The van der Waals surface area contributed by atoms with Gasteiger partial charge in [-0.15, -0.1) is 0 Å². The van der Waals surface area contributed by atoms with Crippen molar-refractivity contribution in [2.45, 2.75) is 25.8 Å². The molecule has 3 fully saturated rings. The highest BCUT2D eigenvalue weighted by atomic mass is 16.4. The summed E-state index contributed by atoms with van der Waals surface area (Å²) in [5, 5.41) is 0. The quantitative estimate of drug-likeness (QED) is 0.855. The molecule has 1 aromatic heterocycles. The van der Waals surface area contributed by atoms with Crippen LogP contribution < -0.4 is 0 Å². The first-order chi connectivity index (χ1) is 11.2. The first-order valence-corrected chi connectivity index (χ1v) is 8.41. The zero-order valence-corrected chi connectivity index (χ0v) is 13.5. The van der Waals surface area contributed by atoms with Gasteiger partial charge >= 0.3 is 0 Å². The Hall–Kier alpha value is -2.07. The van der Waals surface area contributed by atoms with Crippen molar-refractivity contribution in [1.29, 1.82) is 0 Å². The van der Waals surface area contributed by atoms with E-state index in [0.717, 1.165) is 50.3 Å². The lowest BCUT2D eigenvalue weighted by molar-refractivity contribution is 0.0653. The third-order valence-corrected chi connectivity index (χ3v) is 5.04. The minimum Gasteiger partial charge on any atom is -0.451 e. The van der Waals surface area contributed by atoms with Crippen molar-refractivity contribution in [3.05, 3.63) is 47.7 Å². The fraction of sp³-hybridized carbons (Fsp3) is 0.421. The second kappa shape index (κ2) is 5.85. The average molecular weight is 310 g/mol. The van der Waals surface area contributed by atoms with Gasteiger partial charge < -0.3 is 14.2 Å². The van der Waals surface area contributed by atoms with E-state index in [1.54, 1.807) is 0 Å². The van der Waals surface area contributed by atoms with E-state index in [1.165, 1.54) is 5.56 Å². The van der Waals surface area contributed by atoms with Crippen molar-refractivity contribution in [2.24, 2.45) is 0 Å². The Morgan fingerprint density at radius 2 is 1.91 bits per heavy atom. The van der Waals surface area contributed by atoms with Gasteiger partial charge in [-0.1, -0.05) is 23.8 Å². The zero-order valence-electron chi connectivity index (χ0n) is 13.5. The summed E-state index contributed by atoms with van der Waals surface area (Å²) >= 11 is 0. The van der Waals surface area contributed by atoms with Crippen LogP contribution in [0.1, 0.15) is 29.0 Å². The third-order valence-electron chi connectivity index (χ3n) is 5.04. The summed E-state index contributed by atoms with van der Waals surface area (Å²) in [6, 6.07) is 12.2. The van der Waals surface area contributed by atoms with Crippen LogP contribution in [0.15, 0.2) is 40.8 Å². The van der Waals surface area contributed by atoms with Crippen molar-refractivity contribution in [1.82, 2.24) is 9.80 Å². The Bertz CT molecular complexity index is 714. The maximum absolute atomic E-state index is 12.9. The van der Waals surface area contributed by atoms with Gasteiger partial charge in [0.2, 0.25) is 0 Å². The zero-order chi connectivity index (χ0) is 15.8. The number of fused-ring (bicyclic) bond motifs is 4. The smallest absolute Gasteiger partial charge is 0.289 e. The molecular weight excluding hydrogens is 288 g/mol. The lowest BCUT2D eigenvalue weighted by atomic mass is 10.1. The van der Waals surface area contributed by atoms with E-state index < -0.39 is 0 Å². The molecule has 5 rings (SSSR count). The molecule has 0 unspecified atom stereocenters. The molecule has 23 heavy (non-hydrogen) atoms. The second-order valence-corrected chi connectivity index (χ2v) is 6.60. The van der Waals surface area contributed by atoms with Crippen LogP contribution in [0.2, 0.25) is 0 Å². The Morgan fingerprint density at radius 3 is 2.70 bits per heavy atom. The van der Waals surface area contributed by atoms with Crippen molar-refractivity contribution in [3.8, 4) is 11.3 Å². The van der Waals surface area contributed by atoms with Crippen molar-refractivity contribution < 1.29 is 9.21 Å². The minimum absolute atomic E-state index is 0.0395. The highest BCUT2D eigenvalue weighted by molar-refractivity contribution is 5.92. The highest BCUT2D eigenvalue weighted by Crippen LogP contribution is 2.26. The van der Waals surface area contributed by atoms with Crippen LogP contribution in [0.25, 0.3) is 11.3 Å². The molecule has 1 aromatic carbocycles. The van der Waals surface area contributed by atoms with E-state index >= 15 is 0 Å². The molecule has 4 nitrogen and oxygen atoms in total. The summed E-state index contributed by atoms with van der Waals surface area (Å²) < 4.78 is 5.88. The number of hydrogen-bond donors (Lipinski definition) is 0. The van der Waals surface area contributed by atoms with Crippen LogP contribution in [0.3, 0.4) is 0 Å². The van der Waals surface area contributed by atoms with E-state index in [4.69, 9.17) is 4.42 Å². The summed E-state index contributed by atoms with van der Waals surface area (Å²) in [6.07, 6.45) is 2.16. The van der Waals surface area contributed by atoms with Gasteiger partial charge in [-0.05, 0) is 38.0 Å². The van der Waals surface area contributed by atoms with Crippen molar-refractivity contribution in [2.75, 3.05) is 26.2 Å². The summed E-state index contributed by atoms with van der Waals surface area (Å²) in [7, 11) is 0. The maximum atomic E-state index is 12.9. The van der Waals surface area contributed by atoms with E-state index in [1.807, 2.05) is 29.2 Å². The summed E-state index contributed by atoms with van der Waals surface area (Å²) in [4.78, 5) is 17.3. The van der Waals surface area contributed by atoms with Gasteiger partial charge in [0, 0.05) is 37.8 Å². The monoisotopic (exact) mass is 310 g/mol. The SMILES string of the molecule is Cc1cccc(-c2ccc(C(=O)N3CCN4CCC3CC4)o2)c1. The Kier molecular flexibility index (Phi) is 3.69. The molecule has 120 valence electrons. The minimum atomic E-state index is 0.0395. The lowest BCUT2D eigenvalue weighted by Crippen LogP contribution is -2.41. The summed E-state index contributed by atoms with van der Waals surface area (Å²) in [6.45, 7) is 6.07. The molecule has 0 radical (unpaired) electrons. The fourth-order valence-corrected chi connectivity index (χ4v) is 3.70. The molecule has 1 amide bonds. The van der Waals surface area contributed by atoms with Crippen molar-refractivity contribution in [3.63, 3.8) is 0 Å². The molecule has 4 heterocycles. The Labute approximate surface area is 136 Å². The second-order valence-electron chi connectivity index (χ2n) is 6.60. The molecule has 3 saturated heterocycles. The number of piperidine rings is 1. The van der Waals surface area contributed by atoms with Gasteiger partial charge in [0.05, 0.1) is 0 Å². The molecule has 0 N–H and O–H groups in total. The van der Waals surface area contributed by atoms with Crippen LogP contribution in [0.5, 0.6) is 0 Å². The van der Waals surface area contributed by atoms with Gasteiger partial charge in [-0.25, -0.2) is 0 Å². The Morgan fingerprint density at radius 1 is 1.09 bits per heavy atom.